The van der Waals surface area contributed by atoms with Crippen LogP contribution in [-0.2, 0) is 21.2 Å². The molecule has 0 radical (unpaired) electrons. The third-order valence-electron chi connectivity index (χ3n) is 7.87. The number of hydrogen-bond donors (Lipinski definition) is 2. The average Bonchev–Trinajstić information content (AvgIpc) is 2.91. The molecule has 1 aliphatic carbocycles. The lowest BCUT2D eigenvalue weighted by Gasteiger charge is -2.54. The Labute approximate surface area is 224 Å². The number of fused-ring (bicyclic) bond motifs is 1. The van der Waals surface area contributed by atoms with E-state index in [4.69, 9.17) is 0 Å². The largest absolute Gasteiger partial charge is 0.352 e. The number of nitrogens with zero attached hydrogens (tertiary/aromatic N) is 1. The molecule has 198 valence electrons. The molecule has 2 N–H and O–H groups in total. The summed E-state index contributed by atoms with van der Waals surface area (Å²) in [5.41, 5.74) is 1.10. The van der Waals surface area contributed by atoms with Gasteiger partial charge in [0, 0.05) is 30.2 Å². The molecule has 8 heteroatoms. The quantitative estimate of drug-likeness (QED) is 0.426. The predicted molar refractivity (Wildman–Crippen MR) is 148 cm³/mol. The maximum absolute atomic E-state index is 13.6. The van der Waals surface area contributed by atoms with E-state index >= 15 is 0 Å². The first kappa shape index (κ1) is 26.1. The number of benzene rings is 3. The van der Waals surface area contributed by atoms with Crippen LogP contribution in [0.1, 0.15) is 48.0 Å². The summed E-state index contributed by atoms with van der Waals surface area (Å²) < 4.78 is 28.8. The lowest BCUT2D eigenvalue weighted by molar-refractivity contribution is -0.117. The zero-order chi connectivity index (χ0) is 26.8. The maximum Gasteiger partial charge on any atom is 0.251 e. The molecule has 1 aliphatic heterocycles. The molecule has 2 fully saturated rings. The topological polar surface area (TPSA) is 95.6 Å². The van der Waals surface area contributed by atoms with Crippen LogP contribution in [0, 0.1) is 0 Å². The van der Waals surface area contributed by atoms with E-state index < -0.39 is 15.6 Å². The van der Waals surface area contributed by atoms with Crippen LogP contribution in [0.2, 0.25) is 0 Å². The highest BCUT2D eigenvalue weighted by Gasteiger charge is 2.51. The van der Waals surface area contributed by atoms with Crippen molar-refractivity contribution in [3.05, 3.63) is 90.5 Å². The van der Waals surface area contributed by atoms with Crippen molar-refractivity contribution in [3.63, 3.8) is 0 Å². The summed E-state index contributed by atoms with van der Waals surface area (Å²) in [5, 5.41) is 8.22. The van der Waals surface area contributed by atoms with Gasteiger partial charge in [-0.25, -0.2) is 8.42 Å². The van der Waals surface area contributed by atoms with Gasteiger partial charge in [0.25, 0.3) is 5.91 Å². The van der Waals surface area contributed by atoms with E-state index in [2.05, 4.69) is 47.5 Å². The van der Waals surface area contributed by atoms with Crippen molar-refractivity contribution in [2.75, 3.05) is 13.1 Å². The lowest BCUT2D eigenvalue weighted by atomic mass is 9.70. The zero-order valence-electron chi connectivity index (χ0n) is 21.4. The van der Waals surface area contributed by atoms with Gasteiger partial charge in [0.1, 0.15) is 0 Å². The fourth-order valence-corrected chi connectivity index (χ4v) is 7.54. The summed E-state index contributed by atoms with van der Waals surface area (Å²) in [6.07, 6.45) is 5.63. The number of rotatable bonds is 8. The summed E-state index contributed by atoms with van der Waals surface area (Å²) in [5.74, 6) is -0.462. The minimum Gasteiger partial charge on any atom is -0.352 e. The third-order valence-corrected chi connectivity index (χ3v) is 9.89. The summed E-state index contributed by atoms with van der Waals surface area (Å²) in [6.45, 7) is 4.34. The number of nitrogens with one attached hydrogen (secondary N) is 2. The molecule has 7 nitrogen and oxygen atoms in total. The Hall–Kier alpha value is -3.49. The molecule has 5 rings (SSSR count). The van der Waals surface area contributed by atoms with E-state index in [0.717, 1.165) is 24.8 Å². The van der Waals surface area contributed by atoms with E-state index in [1.165, 1.54) is 29.0 Å². The van der Waals surface area contributed by atoms with Crippen molar-refractivity contribution >= 4 is 32.6 Å². The first-order valence-corrected chi connectivity index (χ1v) is 14.6. The van der Waals surface area contributed by atoms with Crippen LogP contribution in [0.3, 0.4) is 0 Å². The highest BCUT2D eigenvalue weighted by molar-refractivity contribution is 7.89. The molecule has 0 bridgehead atoms. The number of amides is 2. The second kappa shape index (κ2) is 10.7. The Morgan fingerprint density at radius 3 is 2.45 bits per heavy atom. The molecule has 2 amide bonds. The standard InChI is InChI=1S/C30H33N3O4S/c1-2-28(34)32-26-15-19-33(30(21-26)16-5-17-30)38(36,37)27-12-10-24(11-13-27)29(35)31-18-14-22-8-9-23-6-3-4-7-25(23)20-22/h2-4,6-13,20,26H,1,5,14-19,21H2,(H,31,35)(H,32,34). The van der Waals surface area contributed by atoms with Gasteiger partial charge in [0.15, 0.2) is 0 Å². The molecule has 1 saturated carbocycles. The second-order valence-corrected chi connectivity index (χ2v) is 12.1. The fraction of sp³-hybridized carbons (Fsp3) is 0.333. The summed E-state index contributed by atoms with van der Waals surface area (Å²) in [7, 11) is -3.73. The Balaban J connectivity index is 1.21. The van der Waals surface area contributed by atoms with E-state index in [-0.39, 0.29) is 22.8 Å². The van der Waals surface area contributed by atoms with Crippen LogP contribution in [0.15, 0.2) is 84.3 Å². The Morgan fingerprint density at radius 2 is 1.76 bits per heavy atom. The first-order chi connectivity index (χ1) is 18.3. The molecule has 38 heavy (non-hydrogen) atoms. The molecular weight excluding hydrogens is 498 g/mol. The normalized spacial score (nSPS) is 19.0. The van der Waals surface area contributed by atoms with Gasteiger partial charge < -0.3 is 10.6 Å². The van der Waals surface area contributed by atoms with Gasteiger partial charge in [-0.2, -0.15) is 4.31 Å². The van der Waals surface area contributed by atoms with Crippen LogP contribution >= 0.6 is 0 Å². The number of hydrogen-bond acceptors (Lipinski definition) is 4. The number of carbonyl (C=O) groups excluding carboxylic acids is 2. The third kappa shape index (κ3) is 5.24. The van der Waals surface area contributed by atoms with E-state index in [9.17, 15) is 18.0 Å². The van der Waals surface area contributed by atoms with Gasteiger partial charge in [-0.3, -0.25) is 9.59 Å². The Kier molecular flexibility index (Phi) is 7.36. The second-order valence-electron chi connectivity index (χ2n) is 10.3. The monoisotopic (exact) mass is 531 g/mol. The highest BCUT2D eigenvalue weighted by atomic mass is 32.2. The maximum atomic E-state index is 13.6. The smallest absolute Gasteiger partial charge is 0.251 e. The number of piperidine rings is 1. The van der Waals surface area contributed by atoms with Gasteiger partial charge in [-0.15, -0.1) is 0 Å². The minimum atomic E-state index is -3.73. The molecule has 1 saturated heterocycles. The molecule has 2 aliphatic rings. The average molecular weight is 532 g/mol. The van der Waals surface area contributed by atoms with Crippen molar-refractivity contribution in [2.24, 2.45) is 0 Å². The van der Waals surface area contributed by atoms with Gasteiger partial charge in [-0.05, 0) is 85.2 Å². The predicted octanol–water partition coefficient (Wildman–Crippen LogP) is 4.19. The van der Waals surface area contributed by atoms with Crippen molar-refractivity contribution in [2.45, 2.75) is 55.0 Å². The SMILES string of the molecule is C=CC(=O)NC1CCN(S(=O)(=O)c2ccc(C(=O)NCCc3ccc4ccccc4c3)cc2)C2(CCC2)C1. The van der Waals surface area contributed by atoms with Gasteiger partial charge >= 0.3 is 0 Å². The van der Waals surface area contributed by atoms with E-state index in [1.807, 2.05) is 12.1 Å². The molecule has 1 unspecified atom stereocenters. The molecule has 1 atom stereocenters. The molecule has 3 aromatic rings. The van der Waals surface area contributed by atoms with Crippen molar-refractivity contribution in [3.8, 4) is 0 Å². The van der Waals surface area contributed by atoms with Gasteiger partial charge in [0.2, 0.25) is 15.9 Å². The van der Waals surface area contributed by atoms with Gasteiger partial charge in [0.05, 0.1) is 4.90 Å². The molecule has 3 aromatic carbocycles. The molecule has 1 spiro atoms. The van der Waals surface area contributed by atoms with Crippen LogP contribution in [-0.4, -0.2) is 49.2 Å². The summed E-state index contributed by atoms with van der Waals surface area (Å²) >= 11 is 0. The van der Waals surface area contributed by atoms with Crippen LogP contribution in [0.25, 0.3) is 10.8 Å². The lowest BCUT2D eigenvalue weighted by Crippen LogP contribution is -2.63. The molecule has 0 aromatic heterocycles. The van der Waals surface area contributed by atoms with E-state index in [0.29, 0.717) is 37.9 Å². The Morgan fingerprint density at radius 1 is 1.03 bits per heavy atom. The number of sulfonamides is 1. The van der Waals surface area contributed by atoms with Crippen LogP contribution in [0.4, 0.5) is 0 Å². The number of carbonyl (C=O) groups is 2. The van der Waals surface area contributed by atoms with Crippen LogP contribution in [0.5, 0.6) is 0 Å². The summed E-state index contributed by atoms with van der Waals surface area (Å²) in [4.78, 5) is 24.7. The van der Waals surface area contributed by atoms with Gasteiger partial charge in [-0.1, -0.05) is 49.0 Å². The molecule has 1 heterocycles. The highest BCUT2D eigenvalue weighted by Crippen LogP contribution is 2.46. The molecular formula is C30H33N3O4S. The zero-order valence-corrected chi connectivity index (χ0v) is 22.2. The van der Waals surface area contributed by atoms with Crippen molar-refractivity contribution in [1.29, 1.82) is 0 Å². The van der Waals surface area contributed by atoms with Crippen molar-refractivity contribution in [1.82, 2.24) is 14.9 Å². The van der Waals surface area contributed by atoms with Crippen molar-refractivity contribution < 1.29 is 18.0 Å². The van der Waals surface area contributed by atoms with E-state index in [1.54, 1.807) is 16.4 Å². The Bertz CT molecular complexity index is 1460. The minimum absolute atomic E-state index is 0.0621. The fourth-order valence-electron chi connectivity index (χ4n) is 5.69. The first-order valence-electron chi connectivity index (χ1n) is 13.1. The van der Waals surface area contributed by atoms with Crippen LogP contribution < -0.4 is 10.6 Å². The summed E-state index contributed by atoms with van der Waals surface area (Å²) in [6, 6.07) is 20.6.